The summed E-state index contributed by atoms with van der Waals surface area (Å²) in [6.07, 6.45) is 2.04. The van der Waals surface area contributed by atoms with E-state index >= 15 is 0 Å². The third kappa shape index (κ3) is 7.06. The normalized spacial score (nSPS) is 19.8. The zero-order valence-electron chi connectivity index (χ0n) is 12.7. The van der Waals surface area contributed by atoms with Gasteiger partial charge in [0, 0.05) is 19.1 Å². The van der Waals surface area contributed by atoms with E-state index in [4.69, 9.17) is 4.74 Å². The molecule has 1 heterocycles. The van der Waals surface area contributed by atoms with Gasteiger partial charge in [0.25, 0.3) is 0 Å². The standard InChI is InChI=1S/C14H28N2O2S/c1-5-19-10-6-8-15-12-7-9-16(11-12)13(17)18-14(2,3)4/h12,15H,5-11H2,1-4H3. The Bertz CT molecular complexity index is 279. The number of ether oxygens (including phenoxy) is 1. The molecule has 5 heteroatoms. The summed E-state index contributed by atoms with van der Waals surface area (Å²) in [5.41, 5.74) is -0.403. The highest BCUT2D eigenvalue weighted by Gasteiger charge is 2.29. The fourth-order valence-electron chi connectivity index (χ4n) is 2.04. The Kier molecular flexibility index (Phi) is 7.00. The lowest BCUT2D eigenvalue weighted by atomic mass is 10.2. The Hall–Kier alpha value is -0.420. The highest BCUT2D eigenvalue weighted by atomic mass is 32.2. The summed E-state index contributed by atoms with van der Waals surface area (Å²) in [6, 6.07) is 0.430. The van der Waals surface area contributed by atoms with Crippen LogP contribution in [0.25, 0.3) is 0 Å². The van der Waals surface area contributed by atoms with E-state index in [9.17, 15) is 4.79 Å². The third-order valence-electron chi connectivity index (χ3n) is 2.94. The van der Waals surface area contributed by atoms with E-state index in [2.05, 4.69) is 12.2 Å². The number of thioether (sulfide) groups is 1. The van der Waals surface area contributed by atoms with Crippen LogP contribution in [0.2, 0.25) is 0 Å². The largest absolute Gasteiger partial charge is 0.444 e. The van der Waals surface area contributed by atoms with E-state index in [1.165, 1.54) is 17.9 Å². The molecule has 1 atom stereocenters. The van der Waals surface area contributed by atoms with Crippen LogP contribution in [0.15, 0.2) is 0 Å². The lowest BCUT2D eigenvalue weighted by Gasteiger charge is -2.24. The molecule has 1 fully saturated rings. The smallest absolute Gasteiger partial charge is 0.410 e. The molecule has 1 aliphatic rings. The fourth-order valence-corrected chi connectivity index (χ4v) is 2.68. The van der Waals surface area contributed by atoms with Gasteiger partial charge in [0.05, 0.1) is 0 Å². The van der Waals surface area contributed by atoms with Gasteiger partial charge in [0.15, 0.2) is 0 Å². The van der Waals surface area contributed by atoms with Crippen LogP contribution in [0.4, 0.5) is 4.79 Å². The van der Waals surface area contributed by atoms with Crippen molar-refractivity contribution in [3.05, 3.63) is 0 Å². The van der Waals surface area contributed by atoms with Crippen molar-refractivity contribution >= 4 is 17.9 Å². The number of hydrogen-bond acceptors (Lipinski definition) is 4. The van der Waals surface area contributed by atoms with Gasteiger partial charge in [-0.3, -0.25) is 0 Å². The molecule has 1 aliphatic heterocycles. The molecular formula is C14H28N2O2S. The summed E-state index contributed by atoms with van der Waals surface area (Å²) >= 11 is 1.98. The highest BCUT2D eigenvalue weighted by Crippen LogP contribution is 2.15. The maximum atomic E-state index is 11.9. The zero-order chi connectivity index (χ0) is 14.3. The Morgan fingerprint density at radius 1 is 1.47 bits per heavy atom. The lowest BCUT2D eigenvalue weighted by Crippen LogP contribution is -2.38. The maximum Gasteiger partial charge on any atom is 0.410 e. The molecule has 19 heavy (non-hydrogen) atoms. The van der Waals surface area contributed by atoms with E-state index < -0.39 is 5.60 Å². The van der Waals surface area contributed by atoms with Crippen LogP contribution in [0.3, 0.4) is 0 Å². The van der Waals surface area contributed by atoms with E-state index in [0.29, 0.717) is 6.04 Å². The Balaban J connectivity index is 2.17. The third-order valence-corrected chi connectivity index (χ3v) is 3.93. The maximum absolute atomic E-state index is 11.9. The Morgan fingerprint density at radius 2 is 2.21 bits per heavy atom. The molecule has 1 saturated heterocycles. The van der Waals surface area contributed by atoms with E-state index in [1.54, 1.807) is 0 Å². The van der Waals surface area contributed by atoms with Crippen LogP contribution >= 0.6 is 11.8 Å². The quantitative estimate of drug-likeness (QED) is 0.763. The molecule has 0 radical (unpaired) electrons. The molecular weight excluding hydrogens is 260 g/mol. The van der Waals surface area contributed by atoms with Crippen molar-refractivity contribution in [1.29, 1.82) is 0 Å². The van der Waals surface area contributed by atoms with Gasteiger partial charge in [0.1, 0.15) is 5.60 Å². The molecule has 1 rings (SSSR count). The summed E-state index contributed by atoms with van der Waals surface area (Å²) < 4.78 is 5.38. The van der Waals surface area contributed by atoms with Gasteiger partial charge in [0.2, 0.25) is 0 Å². The van der Waals surface area contributed by atoms with Crippen molar-refractivity contribution in [2.24, 2.45) is 0 Å². The van der Waals surface area contributed by atoms with Crippen molar-refractivity contribution in [3.8, 4) is 0 Å². The number of rotatable bonds is 6. The average Bonchev–Trinajstić information content (AvgIpc) is 2.75. The SMILES string of the molecule is CCSCCCNC1CCN(C(=O)OC(C)(C)C)C1. The first-order chi connectivity index (χ1) is 8.92. The molecule has 0 spiro atoms. The predicted molar refractivity (Wildman–Crippen MR) is 81.8 cm³/mol. The number of carbonyl (C=O) groups is 1. The van der Waals surface area contributed by atoms with Gasteiger partial charge in [-0.15, -0.1) is 0 Å². The second kappa shape index (κ2) is 8.00. The molecule has 1 amide bonds. The topological polar surface area (TPSA) is 41.6 Å². The molecule has 4 nitrogen and oxygen atoms in total. The first-order valence-electron chi connectivity index (χ1n) is 7.21. The molecule has 0 saturated carbocycles. The van der Waals surface area contributed by atoms with E-state index in [-0.39, 0.29) is 6.09 Å². The Labute approximate surface area is 121 Å². The molecule has 0 aliphatic carbocycles. The van der Waals surface area contributed by atoms with Crippen LogP contribution in [-0.2, 0) is 4.74 Å². The number of carbonyl (C=O) groups excluding carboxylic acids is 1. The van der Waals surface area contributed by atoms with Gasteiger partial charge in [-0.25, -0.2) is 4.79 Å². The summed E-state index contributed by atoms with van der Waals surface area (Å²) in [4.78, 5) is 13.7. The summed E-state index contributed by atoms with van der Waals surface area (Å²) in [7, 11) is 0. The molecule has 0 aromatic heterocycles. The molecule has 0 aromatic carbocycles. The summed E-state index contributed by atoms with van der Waals surface area (Å²) in [6.45, 7) is 10.5. The Morgan fingerprint density at radius 3 is 2.84 bits per heavy atom. The van der Waals surface area contributed by atoms with Crippen LogP contribution in [-0.4, -0.2) is 53.8 Å². The van der Waals surface area contributed by atoms with Crippen LogP contribution < -0.4 is 5.32 Å². The molecule has 112 valence electrons. The van der Waals surface area contributed by atoms with Crippen molar-refractivity contribution in [2.75, 3.05) is 31.1 Å². The van der Waals surface area contributed by atoms with Crippen LogP contribution in [0.5, 0.6) is 0 Å². The number of hydrogen-bond donors (Lipinski definition) is 1. The zero-order valence-corrected chi connectivity index (χ0v) is 13.5. The van der Waals surface area contributed by atoms with Crippen LogP contribution in [0.1, 0.15) is 40.5 Å². The van der Waals surface area contributed by atoms with Gasteiger partial charge in [-0.05, 0) is 51.7 Å². The highest BCUT2D eigenvalue weighted by molar-refractivity contribution is 7.99. The van der Waals surface area contributed by atoms with Gasteiger partial charge >= 0.3 is 6.09 Å². The molecule has 0 bridgehead atoms. The van der Waals surface area contributed by atoms with Crippen molar-refractivity contribution in [1.82, 2.24) is 10.2 Å². The minimum atomic E-state index is -0.403. The van der Waals surface area contributed by atoms with Gasteiger partial charge < -0.3 is 15.0 Å². The molecule has 0 aromatic rings. The van der Waals surface area contributed by atoms with Crippen molar-refractivity contribution in [3.63, 3.8) is 0 Å². The number of amides is 1. The minimum absolute atomic E-state index is 0.182. The molecule has 1 unspecified atom stereocenters. The fraction of sp³-hybridized carbons (Fsp3) is 0.929. The van der Waals surface area contributed by atoms with Gasteiger partial charge in [-0.1, -0.05) is 6.92 Å². The van der Waals surface area contributed by atoms with Crippen molar-refractivity contribution in [2.45, 2.75) is 52.2 Å². The predicted octanol–water partition coefficient (Wildman–Crippen LogP) is 2.73. The van der Waals surface area contributed by atoms with E-state index in [0.717, 1.165) is 26.1 Å². The number of likely N-dealkylation sites (tertiary alicyclic amines) is 1. The van der Waals surface area contributed by atoms with Gasteiger partial charge in [-0.2, -0.15) is 11.8 Å². The average molecular weight is 288 g/mol. The second-order valence-electron chi connectivity index (χ2n) is 5.92. The monoisotopic (exact) mass is 288 g/mol. The summed E-state index contributed by atoms with van der Waals surface area (Å²) in [5.74, 6) is 2.40. The summed E-state index contributed by atoms with van der Waals surface area (Å²) in [5, 5.41) is 3.53. The van der Waals surface area contributed by atoms with E-state index in [1.807, 2.05) is 37.4 Å². The first-order valence-corrected chi connectivity index (χ1v) is 8.37. The first kappa shape index (κ1) is 16.6. The second-order valence-corrected chi connectivity index (χ2v) is 7.31. The number of nitrogens with one attached hydrogen (secondary N) is 1. The van der Waals surface area contributed by atoms with Crippen molar-refractivity contribution < 1.29 is 9.53 Å². The molecule has 1 N–H and O–H groups in total. The minimum Gasteiger partial charge on any atom is -0.444 e. The van der Waals surface area contributed by atoms with Crippen LogP contribution in [0, 0.1) is 0 Å². The number of nitrogens with zero attached hydrogens (tertiary/aromatic N) is 1. The lowest BCUT2D eigenvalue weighted by molar-refractivity contribution is 0.0291.